The number of ether oxygens (including phenoxy) is 3. The van der Waals surface area contributed by atoms with Crippen molar-refractivity contribution in [2.24, 2.45) is 5.41 Å². The highest BCUT2D eigenvalue weighted by molar-refractivity contribution is 7.07. The summed E-state index contributed by atoms with van der Waals surface area (Å²) in [6, 6.07) is 9.42. The van der Waals surface area contributed by atoms with Crippen LogP contribution < -0.4 is 5.73 Å². The van der Waals surface area contributed by atoms with Crippen LogP contribution >= 0.6 is 22.9 Å². The second-order valence-electron chi connectivity index (χ2n) is 9.48. The fraction of sp³-hybridized carbons (Fsp3) is 0.370. The lowest BCUT2D eigenvalue weighted by atomic mass is 9.81. The second-order valence-corrected chi connectivity index (χ2v) is 10.5. The lowest BCUT2D eigenvalue weighted by Crippen LogP contribution is -2.46. The molecule has 208 valence electrons. The van der Waals surface area contributed by atoms with Gasteiger partial charge in [0.15, 0.2) is 17.7 Å². The molecule has 4 heterocycles. The predicted octanol–water partition coefficient (Wildman–Crippen LogP) is 3.13. The third kappa shape index (κ3) is 4.80. The van der Waals surface area contributed by atoms with Crippen molar-refractivity contribution in [3.05, 3.63) is 64.1 Å². The van der Waals surface area contributed by atoms with E-state index < -0.39 is 35.4 Å². The number of rotatable bonds is 9. The van der Waals surface area contributed by atoms with Crippen molar-refractivity contribution in [2.75, 3.05) is 18.9 Å². The number of terminal acetylenes is 1. The van der Waals surface area contributed by atoms with Crippen molar-refractivity contribution in [3.8, 4) is 12.3 Å². The fourth-order valence-corrected chi connectivity index (χ4v) is 5.57. The molecule has 0 bridgehead atoms. The predicted molar refractivity (Wildman–Crippen MR) is 148 cm³/mol. The molecule has 1 aliphatic rings. The van der Waals surface area contributed by atoms with Crippen molar-refractivity contribution in [2.45, 2.75) is 44.3 Å². The summed E-state index contributed by atoms with van der Waals surface area (Å²) in [5.41, 5.74) is 6.58. The minimum Gasteiger partial charge on any atom is -0.464 e. The van der Waals surface area contributed by atoms with E-state index >= 15 is 0 Å². The molecule has 4 aromatic rings. The second kappa shape index (κ2) is 11.1. The molecule has 3 aromatic heterocycles. The Morgan fingerprint density at radius 1 is 1.35 bits per heavy atom. The molecule has 5 rings (SSSR count). The summed E-state index contributed by atoms with van der Waals surface area (Å²) in [6.07, 6.45) is 4.47. The Bertz CT molecular complexity index is 1540. The van der Waals surface area contributed by atoms with Crippen molar-refractivity contribution < 1.29 is 24.1 Å². The van der Waals surface area contributed by atoms with Gasteiger partial charge in [-0.25, -0.2) is 14.8 Å². The van der Waals surface area contributed by atoms with Crippen LogP contribution in [0.15, 0.2) is 47.5 Å². The van der Waals surface area contributed by atoms with Gasteiger partial charge in [-0.3, -0.25) is 4.57 Å². The van der Waals surface area contributed by atoms with Gasteiger partial charge in [-0.05, 0) is 31.0 Å². The number of halogens is 1. The largest absolute Gasteiger partial charge is 0.464 e. The van der Waals surface area contributed by atoms with Gasteiger partial charge in [0.25, 0.3) is 0 Å². The number of fused-ring (bicyclic) bond motifs is 1. The van der Waals surface area contributed by atoms with Crippen molar-refractivity contribution in [1.29, 1.82) is 0 Å². The Hall–Kier alpha value is -3.60. The average molecular weight is 583 g/mol. The molecule has 40 heavy (non-hydrogen) atoms. The third-order valence-corrected chi connectivity index (χ3v) is 7.85. The van der Waals surface area contributed by atoms with Gasteiger partial charge in [0.1, 0.15) is 17.7 Å². The summed E-state index contributed by atoms with van der Waals surface area (Å²) in [5.74, 6) is 2.17. The van der Waals surface area contributed by atoms with Crippen LogP contribution in [0.2, 0.25) is 5.28 Å². The summed E-state index contributed by atoms with van der Waals surface area (Å²) in [7, 11) is 0. The number of nitrogen functional groups attached to an aromatic ring is 1. The average Bonchev–Trinajstić information content (AvgIpc) is 3.68. The number of imidazole rings is 1. The topological polar surface area (TPSA) is 148 Å². The zero-order chi connectivity index (χ0) is 28.5. The van der Waals surface area contributed by atoms with E-state index in [9.17, 15) is 9.90 Å². The van der Waals surface area contributed by atoms with E-state index in [0.29, 0.717) is 11.2 Å². The molecule has 13 heteroatoms. The first kappa shape index (κ1) is 27.9. The van der Waals surface area contributed by atoms with E-state index in [1.807, 2.05) is 30.3 Å². The van der Waals surface area contributed by atoms with Gasteiger partial charge >= 0.3 is 5.97 Å². The van der Waals surface area contributed by atoms with Gasteiger partial charge in [-0.15, -0.1) is 17.8 Å². The molecule has 1 unspecified atom stereocenters. The zero-order valence-corrected chi connectivity index (χ0v) is 23.3. The first-order chi connectivity index (χ1) is 19.2. The molecular formula is C27H27ClN6O5S. The summed E-state index contributed by atoms with van der Waals surface area (Å²) in [4.78, 5) is 30.4. The highest BCUT2D eigenvalue weighted by atomic mass is 35.5. The van der Waals surface area contributed by atoms with Crippen molar-refractivity contribution in [1.82, 2.24) is 24.5 Å². The van der Waals surface area contributed by atoms with Crippen LogP contribution in [0, 0.1) is 17.8 Å². The number of hydrogen-bond donors (Lipinski definition) is 2. The monoisotopic (exact) mass is 582 g/mol. The SMILES string of the molecule is C#C[C@@]1(C)[C@@H](COC(Cc2ccccc2)(C(=O)OCC)c2cscn2)O[C@@H](n2cnc3c(N)nc(Cl)nc32)[C@@H]1O. The molecule has 1 fully saturated rings. The molecule has 0 amide bonds. The van der Waals surface area contributed by atoms with Crippen LogP contribution in [0.3, 0.4) is 0 Å². The fourth-order valence-electron chi connectivity index (χ4n) is 4.79. The number of nitrogens with zero attached hydrogens (tertiary/aromatic N) is 5. The Morgan fingerprint density at radius 2 is 2.12 bits per heavy atom. The Morgan fingerprint density at radius 3 is 2.80 bits per heavy atom. The number of carbonyl (C=O) groups excluding carboxylic acids is 1. The van der Waals surface area contributed by atoms with Gasteiger partial charge in [0.05, 0.1) is 36.2 Å². The highest BCUT2D eigenvalue weighted by Crippen LogP contribution is 2.45. The van der Waals surface area contributed by atoms with E-state index in [1.54, 1.807) is 24.7 Å². The minimum atomic E-state index is -1.59. The molecule has 3 N–H and O–H groups in total. The molecule has 0 radical (unpaired) electrons. The van der Waals surface area contributed by atoms with E-state index in [0.717, 1.165) is 5.56 Å². The van der Waals surface area contributed by atoms with Crippen LogP contribution in [-0.2, 0) is 31.0 Å². The van der Waals surface area contributed by atoms with Crippen LogP contribution in [0.4, 0.5) is 5.82 Å². The lowest BCUT2D eigenvalue weighted by molar-refractivity contribution is -0.182. The maximum Gasteiger partial charge on any atom is 0.345 e. The first-order valence-corrected chi connectivity index (χ1v) is 13.8. The van der Waals surface area contributed by atoms with Crippen LogP contribution in [0.25, 0.3) is 11.2 Å². The molecule has 1 aliphatic heterocycles. The molecule has 0 spiro atoms. The maximum atomic E-state index is 13.6. The normalized spacial score (nSPS) is 24.0. The van der Waals surface area contributed by atoms with Gasteiger partial charge in [0.2, 0.25) is 10.9 Å². The van der Waals surface area contributed by atoms with E-state index in [1.165, 1.54) is 22.2 Å². The van der Waals surface area contributed by atoms with Crippen LogP contribution in [0.5, 0.6) is 0 Å². The smallest absolute Gasteiger partial charge is 0.345 e. The summed E-state index contributed by atoms with van der Waals surface area (Å²) < 4.78 is 19.8. The van der Waals surface area contributed by atoms with Gasteiger partial charge in [-0.1, -0.05) is 36.3 Å². The molecule has 0 aliphatic carbocycles. The number of thiazole rings is 1. The molecule has 0 saturated carbocycles. The number of benzene rings is 1. The van der Waals surface area contributed by atoms with Gasteiger partial charge in [0, 0.05) is 11.8 Å². The van der Waals surface area contributed by atoms with Gasteiger partial charge in [-0.2, -0.15) is 9.97 Å². The number of hydrogen-bond acceptors (Lipinski definition) is 11. The van der Waals surface area contributed by atoms with Crippen molar-refractivity contribution >= 4 is 45.9 Å². The van der Waals surface area contributed by atoms with Gasteiger partial charge < -0.3 is 25.1 Å². The first-order valence-electron chi connectivity index (χ1n) is 12.4. The standard InChI is InChI=1S/C27H27ClN6O5S/c1-4-26(3)18(39-23(20(26)35)34-14-30-19-21(29)32-25(28)33-22(19)34)12-38-27(24(36)37-5-2,17-13-40-15-31-17)11-16-9-7-6-8-10-16/h1,6-10,13-15,18,20,23,35H,5,11-12H2,2-3H3,(H2,29,32,33)/t18-,20+,23-,26+,27?/m1/s1. The maximum absolute atomic E-state index is 13.6. The molecule has 1 saturated heterocycles. The number of carbonyl (C=O) groups is 1. The van der Waals surface area contributed by atoms with E-state index in [2.05, 4.69) is 25.9 Å². The Kier molecular flexibility index (Phi) is 7.76. The lowest BCUT2D eigenvalue weighted by Gasteiger charge is -2.33. The number of aliphatic hydroxyl groups is 1. The summed E-state index contributed by atoms with van der Waals surface area (Å²) in [6.45, 7) is 3.39. The minimum absolute atomic E-state index is 0.0813. The van der Waals surface area contributed by atoms with E-state index in [-0.39, 0.29) is 36.4 Å². The highest BCUT2D eigenvalue weighted by Gasteiger charge is 2.55. The number of esters is 1. The number of aliphatic hydroxyl groups excluding tert-OH is 1. The summed E-state index contributed by atoms with van der Waals surface area (Å²) >= 11 is 7.36. The third-order valence-electron chi connectivity index (χ3n) is 7.09. The Labute approximate surface area is 239 Å². The summed E-state index contributed by atoms with van der Waals surface area (Å²) in [5, 5.41) is 13.1. The van der Waals surface area contributed by atoms with Crippen molar-refractivity contribution in [3.63, 3.8) is 0 Å². The Balaban J connectivity index is 1.50. The molecular weight excluding hydrogens is 556 g/mol. The quantitative estimate of drug-likeness (QED) is 0.171. The molecule has 5 atom stereocenters. The molecule has 1 aromatic carbocycles. The number of anilines is 1. The number of nitrogens with two attached hydrogens (primary N) is 1. The van der Waals surface area contributed by atoms with Crippen LogP contribution in [0.1, 0.15) is 31.3 Å². The van der Waals surface area contributed by atoms with Crippen LogP contribution in [-0.4, -0.2) is 61.0 Å². The zero-order valence-electron chi connectivity index (χ0n) is 21.7. The van der Waals surface area contributed by atoms with E-state index in [4.69, 9.17) is 38.0 Å². The molecule has 11 nitrogen and oxygen atoms in total. The number of aromatic nitrogens is 5.